The van der Waals surface area contributed by atoms with Gasteiger partial charge in [-0.1, -0.05) is 43.3 Å². The van der Waals surface area contributed by atoms with Crippen LogP contribution in [0.15, 0.2) is 82.8 Å². The second-order valence-electron chi connectivity index (χ2n) is 7.18. The summed E-state index contributed by atoms with van der Waals surface area (Å²) in [7, 11) is -0.828. The van der Waals surface area contributed by atoms with Gasteiger partial charge < -0.3 is 9.47 Å². The monoisotopic (exact) mass is 481 g/mol. The van der Waals surface area contributed by atoms with Crippen LogP contribution in [-0.4, -0.2) is 41.3 Å². The van der Waals surface area contributed by atoms with Gasteiger partial charge in [0, 0.05) is 11.1 Å². The second-order valence-corrected chi connectivity index (χ2v) is 9.04. The number of hydrogen-bond donors (Lipinski definition) is 1. The molecular formula is C25H27N3O5S. The van der Waals surface area contributed by atoms with Crippen LogP contribution >= 0.6 is 0 Å². The lowest BCUT2D eigenvalue weighted by Crippen LogP contribution is -2.39. The summed E-state index contributed by atoms with van der Waals surface area (Å²) in [4.78, 5) is 12.8. The molecule has 1 amide bonds. The van der Waals surface area contributed by atoms with E-state index in [1.807, 2.05) is 6.92 Å². The third kappa shape index (κ3) is 5.55. The van der Waals surface area contributed by atoms with E-state index in [0.717, 1.165) is 9.87 Å². The van der Waals surface area contributed by atoms with Gasteiger partial charge in [-0.3, -0.25) is 9.10 Å². The Kier molecular flexibility index (Phi) is 8.26. The number of methoxy groups -OCH3 is 2. The summed E-state index contributed by atoms with van der Waals surface area (Å²) in [6.45, 7) is 1.53. The Morgan fingerprint density at radius 1 is 0.971 bits per heavy atom. The van der Waals surface area contributed by atoms with Crippen molar-refractivity contribution in [3.8, 4) is 11.5 Å². The molecule has 0 heterocycles. The molecule has 1 N–H and O–H groups in total. The Morgan fingerprint density at radius 2 is 1.62 bits per heavy atom. The molecule has 3 aromatic carbocycles. The molecule has 0 aromatic heterocycles. The van der Waals surface area contributed by atoms with Gasteiger partial charge in [-0.15, -0.1) is 0 Å². The summed E-state index contributed by atoms with van der Waals surface area (Å²) in [5.41, 5.74) is 4.31. The van der Waals surface area contributed by atoms with Crippen molar-refractivity contribution >= 4 is 27.8 Å². The van der Waals surface area contributed by atoms with Gasteiger partial charge in [0.05, 0.1) is 31.0 Å². The summed E-state index contributed by atoms with van der Waals surface area (Å²) >= 11 is 0. The lowest BCUT2D eigenvalue weighted by Gasteiger charge is -2.23. The first-order valence-corrected chi connectivity index (χ1v) is 12.0. The van der Waals surface area contributed by atoms with E-state index in [2.05, 4.69) is 10.5 Å². The van der Waals surface area contributed by atoms with Crippen molar-refractivity contribution in [3.63, 3.8) is 0 Å². The number of para-hydroxylation sites is 1. The van der Waals surface area contributed by atoms with Crippen molar-refractivity contribution in [2.75, 3.05) is 25.1 Å². The van der Waals surface area contributed by atoms with Crippen LogP contribution in [0, 0.1) is 0 Å². The Labute approximate surface area is 199 Å². The van der Waals surface area contributed by atoms with Crippen LogP contribution in [0.4, 0.5) is 5.69 Å². The van der Waals surface area contributed by atoms with Crippen molar-refractivity contribution in [3.05, 3.63) is 83.9 Å². The molecule has 3 aromatic rings. The maximum absolute atomic E-state index is 13.3. The Morgan fingerprint density at radius 3 is 2.21 bits per heavy atom. The summed E-state index contributed by atoms with van der Waals surface area (Å²) in [6.07, 6.45) is 2.14. The number of nitrogens with zero attached hydrogens (tertiary/aromatic N) is 2. The van der Waals surface area contributed by atoms with Crippen LogP contribution < -0.4 is 19.2 Å². The van der Waals surface area contributed by atoms with E-state index in [0.29, 0.717) is 29.2 Å². The van der Waals surface area contributed by atoms with E-state index in [1.54, 1.807) is 74.9 Å². The van der Waals surface area contributed by atoms with E-state index < -0.39 is 22.5 Å². The van der Waals surface area contributed by atoms with E-state index in [9.17, 15) is 13.2 Å². The Bertz CT molecular complexity index is 1250. The molecule has 8 nitrogen and oxygen atoms in total. The zero-order chi connectivity index (χ0) is 24.6. The summed E-state index contributed by atoms with van der Waals surface area (Å²) in [5, 5.41) is 4.02. The molecule has 0 saturated heterocycles. The molecule has 0 spiro atoms. The zero-order valence-electron chi connectivity index (χ0n) is 19.3. The number of anilines is 1. The second kappa shape index (κ2) is 11.3. The van der Waals surface area contributed by atoms with Crippen LogP contribution in [0.5, 0.6) is 11.5 Å². The zero-order valence-corrected chi connectivity index (χ0v) is 20.1. The Balaban J connectivity index is 1.82. The van der Waals surface area contributed by atoms with E-state index in [-0.39, 0.29) is 4.90 Å². The smallest absolute Gasteiger partial charge is 0.264 e. The number of benzene rings is 3. The quantitative estimate of drug-likeness (QED) is 0.352. The van der Waals surface area contributed by atoms with Crippen molar-refractivity contribution in [2.24, 2.45) is 5.10 Å². The fourth-order valence-corrected chi connectivity index (χ4v) is 4.91. The first-order chi connectivity index (χ1) is 16.4. The van der Waals surface area contributed by atoms with E-state index >= 15 is 0 Å². The highest BCUT2D eigenvalue weighted by Crippen LogP contribution is 2.31. The lowest BCUT2D eigenvalue weighted by atomic mass is 10.1. The standard InChI is InChI=1S/C25H27N3O5S/c1-4-22-23(32-2)16-15-19(25(22)33-3)17-26-27-24(29)18-28(20-11-7-5-8-12-20)34(30,31)21-13-9-6-10-14-21/h5-17H,4,18H2,1-3H3,(H,27,29)/b26-17+. The molecule has 3 rings (SSSR count). The first-order valence-electron chi connectivity index (χ1n) is 10.6. The van der Waals surface area contributed by atoms with Crippen molar-refractivity contribution in [1.82, 2.24) is 5.43 Å². The maximum Gasteiger partial charge on any atom is 0.264 e. The van der Waals surface area contributed by atoms with E-state index in [4.69, 9.17) is 9.47 Å². The summed E-state index contributed by atoms with van der Waals surface area (Å²) < 4.78 is 38.5. The minimum atomic E-state index is -3.97. The number of sulfonamides is 1. The number of hydrogen-bond acceptors (Lipinski definition) is 6. The molecule has 0 aliphatic carbocycles. The lowest BCUT2D eigenvalue weighted by molar-refractivity contribution is -0.119. The molecule has 0 aliphatic heterocycles. The summed E-state index contributed by atoms with van der Waals surface area (Å²) in [6, 6.07) is 20.0. The van der Waals surface area contributed by atoms with Crippen LogP contribution in [-0.2, 0) is 21.2 Å². The molecule has 0 unspecified atom stereocenters. The number of rotatable bonds is 10. The largest absolute Gasteiger partial charge is 0.496 e. The third-order valence-corrected chi connectivity index (χ3v) is 6.87. The van der Waals surface area contributed by atoms with Gasteiger partial charge in [-0.25, -0.2) is 13.8 Å². The maximum atomic E-state index is 13.3. The molecule has 0 bridgehead atoms. The fraction of sp³-hybridized carbons (Fsp3) is 0.200. The van der Waals surface area contributed by atoms with Crippen molar-refractivity contribution in [1.29, 1.82) is 0 Å². The predicted octanol–water partition coefficient (Wildman–Crippen LogP) is 3.61. The van der Waals surface area contributed by atoms with Gasteiger partial charge in [0.25, 0.3) is 15.9 Å². The average molecular weight is 482 g/mol. The highest BCUT2D eigenvalue weighted by Gasteiger charge is 2.26. The van der Waals surface area contributed by atoms with Gasteiger partial charge in [-0.2, -0.15) is 5.10 Å². The van der Waals surface area contributed by atoms with Crippen LogP contribution in [0.3, 0.4) is 0 Å². The summed E-state index contributed by atoms with van der Waals surface area (Å²) in [5.74, 6) is 0.699. The molecule has 0 fully saturated rings. The van der Waals surface area contributed by atoms with Gasteiger partial charge in [0.2, 0.25) is 0 Å². The Hall–Kier alpha value is -3.85. The number of hydrazone groups is 1. The predicted molar refractivity (Wildman–Crippen MR) is 132 cm³/mol. The number of carbonyl (C=O) groups excluding carboxylic acids is 1. The van der Waals surface area contributed by atoms with Crippen LogP contribution in [0.2, 0.25) is 0 Å². The van der Waals surface area contributed by atoms with Gasteiger partial charge in [0.1, 0.15) is 18.0 Å². The molecule has 0 atom stereocenters. The molecule has 0 aliphatic rings. The highest BCUT2D eigenvalue weighted by molar-refractivity contribution is 7.92. The number of carbonyl (C=O) groups is 1. The SMILES string of the molecule is CCc1c(OC)ccc(/C=N/NC(=O)CN(c2ccccc2)S(=O)(=O)c2ccccc2)c1OC. The molecule has 0 saturated carbocycles. The van der Waals surface area contributed by atoms with Crippen LogP contribution in [0.25, 0.3) is 0 Å². The average Bonchev–Trinajstić information content (AvgIpc) is 2.87. The normalized spacial score (nSPS) is 11.3. The molecule has 34 heavy (non-hydrogen) atoms. The molecule has 9 heteroatoms. The number of nitrogens with one attached hydrogen (secondary N) is 1. The fourth-order valence-electron chi connectivity index (χ4n) is 3.47. The number of ether oxygens (including phenoxy) is 2. The van der Waals surface area contributed by atoms with Crippen LogP contribution in [0.1, 0.15) is 18.1 Å². The highest BCUT2D eigenvalue weighted by atomic mass is 32.2. The minimum Gasteiger partial charge on any atom is -0.496 e. The number of amides is 1. The topological polar surface area (TPSA) is 97.3 Å². The molecular weight excluding hydrogens is 454 g/mol. The molecule has 0 radical (unpaired) electrons. The minimum absolute atomic E-state index is 0.0882. The first kappa shape index (κ1) is 24.8. The van der Waals surface area contributed by atoms with Gasteiger partial charge in [0.15, 0.2) is 0 Å². The van der Waals surface area contributed by atoms with Gasteiger partial charge in [-0.05, 0) is 42.8 Å². The molecule has 178 valence electrons. The van der Waals surface area contributed by atoms with E-state index in [1.165, 1.54) is 18.3 Å². The van der Waals surface area contributed by atoms with Crippen molar-refractivity contribution < 1.29 is 22.7 Å². The van der Waals surface area contributed by atoms with Crippen molar-refractivity contribution in [2.45, 2.75) is 18.2 Å². The third-order valence-electron chi connectivity index (χ3n) is 5.08. The van der Waals surface area contributed by atoms with Gasteiger partial charge >= 0.3 is 0 Å².